The molecule has 0 bridgehead atoms. The van der Waals surface area contributed by atoms with Crippen LogP contribution in [-0.4, -0.2) is 70.9 Å². The van der Waals surface area contributed by atoms with Crippen molar-refractivity contribution in [2.75, 3.05) is 52.5 Å². The van der Waals surface area contributed by atoms with E-state index in [4.69, 9.17) is 31.4 Å². The fourth-order valence-corrected chi connectivity index (χ4v) is 12.9. The zero-order valence-corrected chi connectivity index (χ0v) is 37.7. The average molecular weight is 789 g/mol. The molecule has 56 heavy (non-hydrogen) atoms. The van der Waals surface area contributed by atoms with Gasteiger partial charge in [0, 0.05) is 25.2 Å². The van der Waals surface area contributed by atoms with E-state index in [2.05, 4.69) is 33.0 Å². The van der Waals surface area contributed by atoms with Crippen molar-refractivity contribution in [2.45, 2.75) is 213 Å². The smallest absolute Gasteiger partial charge is 0.0637 e. The summed E-state index contributed by atoms with van der Waals surface area (Å²) < 4.78 is 20.5. The zero-order chi connectivity index (χ0) is 40.1. The van der Waals surface area contributed by atoms with E-state index in [0.29, 0.717) is 78.9 Å². The molecule has 7 heteroatoms. The lowest BCUT2D eigenvalue weighted by Gasteiger charge is -2.65. The Hall–Kier alpha value is -0.280. The quantitative estimate of drug-likeness (QED) is 0.0501. The molecule has 0 aromatic carbocycles. The predicted molar refractivity (Wildman–Crippen MR) is 238 cm³/mol. The Labute approximate surface area is 347 Å². The van der Waals surface area contributed by atoms with Crippen LogP contribution >= 0.6 is 0 Å². The van der Waals surface area contributed by atoms with Crippen molar-refractivity contribution in [2.24, 2.45) is 63.5 Å². The minimum absolute atomic E-state index is 0.179. The summed E-state index contributed by atoms with van der Waals surface area (Å²) >= 11 is 0. The van der Waals surface area contributed by atoms with E-state index >= 15 is 0 Å². The summed E-state index contributed by atoms with van der Waals surface area (Å²) in [7, 11) is 0. The van der Waals surface area contributed by atoms with Crippen LogP contribution in [0.25, 0.3) is 0 Å². The van der Waals surface area contributed by atoms with E-state index < -0.39 is 0 Å². The molecule has 0 amide bonds. The van der Waals surface area contributed by atoms with Crippen LogP contribution in [0.1, 0.15) is 195 Å². The first-order valence-corrected chi connectivity index (χ1v) is 25.0. The molecular weight excluding hydrogens is 693 g/mol. The highest BCUT2D eigenvalue weighted by molar-refractivity contribution is 5.15. The van der Waals surface area contributed by atoms with Gasteiger partial charge in [-0.15, -0.1) is 0 Å². The van der Waals surface area contributed by atoms with Crippen molar-refractivity contribution >= 4 is 0 Å². The van der Waals surface area contributed by atoms with E-state index in [-0.39, 0.29) is 5.41 Å². The first kappa shape index (κ1) is 48.4. The number of nitrogens with two attached hydrogens (primary N) is 3. The number of hydrogen-bond acceptors (Lipinski definition) is 7. The number of rotatable bonds is 32. The molecule has 7 N–H and O–H groups in total. The lowest BCUT2D eigenvalue weighted by Crippen LogP contribution is -2.63. The average Bonchev–Trinajstić information content (AvgIpc) is 3.56. The van der Waals surface area contributed by atoms with Gasteiger partial charge in [0.2, 0.25) is 0 Å². The van der Waals surface area contributed by atoms with Gasteiger partial charge >= 0.3 is 0 Å². The molecule has 4 fully saturated rings. The molecule has 11 atom stereocenters. The Morgan fingerprint density at radius 3 is 1.80 bits per heavy atom. The molecule has 0 saturated heterocycles. The van der Waals surface area contributed by atoms with Crippen LogP contribution in [0, 0.1) is 46.3 Å². The Morgan fingerprint density at radius 2 is 1.18 bits per heavy atom. The Bertz CT molecular complexity index is 1000. The monoisotopic (exact) mass is 789 g/mol. The van der Waals surface area contributed by atoms with Crippen LogP contribution in [-0.2, 0) is 14.2 Å². The van der Waals surface area contributed by atoms with Gasteiger partial charge in [-0.05, 0) is 157 Å². The lowest BCUT2D eigenvalue weighted by atomic mass is 9.43. The van der Waals surface area contributed by atoms with Gasteiger partial charge in [-0.3, -0.25) is 0 Å². The second-order valence-electron chi connectivity index (χ2n) is 19.9. The van der Waals surface area contributed by atoms with Crippen molar-refractivity contribution < 1.29 is 14.2 Å². The van der Waals surface area contributed by atoms with Crippen LogP contribution in [0.15, 0.2) is 0 Å². The van der Waals surface area contributed by atoms with E-state index in [0.717, 1.165) is 52.0 Å². The van der Waals surface area contributed by atoms with Crippen molar-refractivity contribution in [3.63, 3.8) is 0 Å². The molecule has 4 aliphatic carbocycles. The van der Waals surface area contributed by atoms with Crippen LogP contribution < -0.4 is 22.5 Å². The zero-order valence-electron chi connectivity index (χ0n) is 37.7. The first-order valence-electron chi connectivity index (χ1n) is 25.0. The maximum Gasteiger partial charge on any atom is 0.0637 e. The fourth-order valence-electron chi connectivity index (χ4n) is 12.9. The van der Waals surface area contributed by atoms with Crippen molar-refractivity contribution in [1.82, 2.24) is 5.32 Å². The molecule has 0 aliphatic heterocycles. The van der Waals surface area contributed by atoms with Crippen molar-refractivity contribution in [1.29, 1.82) is 0 Å². The van der Waals surface area contributed by atoms with E-state index in [1.54, 1.807) is 0 Å². The number of ether oxygens (including phenoxy) is 3. The Kier molecular flexibility index (Phi) is 23.2. The van der Waals surface area contributed by atoms with Gasteiger partial charge in [-0.25, -0.2) is 0 Å². The third-order valence-corrected chi connectivity index (χ3v) is 16.2. The Balaban J connectivity index is 1.26. The van der Waals surface area contributed by atoms with Gasteiger partial charge in [-0.1, -0.05) is 111 Å². The largest absolute Gasteiger partial charge is 0.378 e. The van der Waals surface area contributed by atoms with Gasteiger partial charge in [0.1, 0.15) is 0 Å². The standard InChI is InChI=1S/C49H96N4O3/c1-5-6-7-8-9-10-11-12-13-14-15-16-17-18-31-53-32-19-23-39(2)42-24-25-43-47-44(38-46(49(42,43)4)56-35-22-30-52)48(3)27-26-41(54-33-20-28-50)36-40(48)37-45(47)55-34-21-29-51/h39-47,53H,5-38,50-52H2,1-4H3/t39-,40?,41-,42-,43+,44+,45-,46+,47?,48+,49-/m1/s1. The lowest BCUT2D eigenvalue weighted by molar-refractivity contribution is -0.227. The summed E-state index contributed by atoms with van der Waals surface area (Å²) in [6.45, 7) is 17.0. The summed E-state index contributed by atoms with van der Waals surface area (Å²) in [6.07, 6.45) is 35.0. The number of hydrogen-bond donors (Lipinski definition) is 4. The molecule has 4 aliphatic rings. The van der Waals surface area contributed by atoms with Gasteiger partial charge in [-0.2, -0.15) is 0 Å². The van der Waals surface area contributed by atoms with E-state index in [1.807, 2.05) is 0 Å². The number of unbranched alkanes of at least 4 members (excludes halogenated alkanes) is 13. The molecule has 2 unspecified atom stereocenters. The summed E-state index contributed by atoms with van der Waals surface area (Å²) in [5.41, 5.74) is 18.3. The van der Waals surface area contributed by atoms with Crippen LogP contribution in [0.3, 0.4) is 0 Å². The molecule has 4 saturated carbocycles. The summed E-state index contributed by atoms with van der Waals surface area (Å²) in [4.78, 5) is 0. The van der Waals surface area contributed by atoms with Gasteiger partial charge in [0.05, 0.1) is 18.3 Å². The minimum atomic E-state index is 0.179. The minimum Gasteiger partial charge on any atom is -0.378 e. The summed E-state index contributed by atoms with van der Waals surface area (Å²) in [5, 5.41) is 3.82. The maximum atomic E-state index is 7.07. The van der Waals surface area contributed by atoms with Crippen LogP contribution in [0.2, 0.25) is 0 Å². The molecule has 0 heterocycles. The molecule has 0 spiro atoms. The van der Waals surface area contributed by atoms with Gasteiger partial charge in [0.15, 0.2) is 0 Å². The molecule has 0 aromatic rings. The fraction of sp³-hybridized carbons (Fsp3) is 1.00. The van der Waals surface area contributed by atoms with Crippen molar-refractivity contribution in [3.8, 4) is 0 Å². The van der Waals surface area contributed by atoms with Crippen LogP contribution in [0.5, 0.6) is 0 Å². The van der Waals surface area contributed by atoms with Crippen molar-refractivity contribution in [3.05, 3.63) is 0 Å². The highest BCUT2D eigenvalue weighted by Gasteiger charge is 2.66. The van der Waals surface area contributed by atoms with E-state index in [9.17, 15) is 0 Å². The summed E-state index contributed by atoms with van der Waals surface area (Å²) in [6, 6.07) is 0. The van der Waals surface area contributed by atoms with Crippen LogP contribution in [0.4, 0.5) is 0 Å². The highest BCUT2D eigenvalue weighted by Crippen LogP contribution is 2.69. The number of fused-ring (bicyclic) bond motifs is 5. The van der Waals surface area contributed by atoms with Gasteiger partial charge < -0.3 is 36.7 Å². The topological polar surface area (TPSA) is 118 Å². The predicted octanol–water partition coefficient (Wildman–Crippen LogP) is 10.6. The molecular formula is C49H96N4O3. The normalized spacial score (nSPS) is 33.3. The third-order valence-electron chi connectivity index (χ3n) is 16.2. The molecule has 0 radical (unpaired) electrons. The summed E-state index contributed by atoms with van der Waals surface area (Å²) in [5.74, 6) is 3.91. The van der Waals surface area contributed by atoms with E-state index in [1.165, 1.54) is 148 Å². The highest BCUT2D eigenvalue weighted by atomic mass is 16.5. The molecule has 330 valence electrons. The van der Waals surface area contributed by atoms with Gasteiger partial charge in [0.25, 0.3) is 0 Å². The SMILES string of the molecule is CCCCCCCCCCCCCCCCNCCC[C@@H](C)[C@H]1CC[C@H]2C3[C@H](OCCCN)CC4C[C@H](OCCCN)CC[C@]4(C)[C@H]3C[C@H](OCCCN)[C@]12C. The first-order chi connectivity index (χ1) is 27.3. The molecule has 4 rings (SSSR count). The number of nitrogens with one attached hydrogen (secondary N) is 1. The third kappa shape index (κ3) is 13.9. The maximum absolute atomic E-state index is 7.07. The second-order valence-corrected chi connectivity index (χ2v) is 19.9. The molecule has 0 aromatic heterocycles. The Morgan fingerprint density at radius 1 is 0.607 bits per heavy atom. The molecule has 7 nitrogen and oxygen atoms in total. The second kappa shape index (κ2) is 26.8.